The van der Waals surface area contributed by atoms with E-state index in [9.17, 15) is 4.79 Å². The van der Waals surface area contributed by atoms with Gasteiger partial charge in [-0.25, -0.2) is 0 Å². The molecule has 1 aromatic carbocycles. The maximum absolute atomic E-state index is 13.3. The number of amides is 1. The molecule has 5 rings (SSSR count). The molecule has 168 valence electrons. The van der Waals surface area contributed by atoms with E-state index >= 15 is 0 Å². The Morgan fingerprint density at radius 2 is 2.06 bits per heavy atom. The summed E-state index contributed by atoms with van der Waals surface area (Å²) in [5, 5.41) is 3.79. The normalized spacial score (nSPS) is 31.1. The lowest BCUT2D eigenvalue weighted by Gasteiger charge is -2.44. The van der Waals surface area contributed by atoms with Gasteiger partial charge in [0, 0.05) is 23.7 Å². The highest BCUT2D eigenvalue weighted by atomic mass is 35.5. The predicted molar refractivity (Wildman–Crippen MR) is 122 cm³/mol. The highest BCUT2D eigenvalue weighted by molar-refractivity contribution is 6.32. The molecule has 2 saturated carbocycles. The van der Waals surface area contributed by atoms with Gasteiger partial charge < -0.3 is 19.4 Å². The molecular weight excluding hydrogens is 414 g/mol. The number of ether oxygens (including phenoxy) is 1. The van der Waals surface area contributed by atoms with Gasteiger partial charge in [0.15, 0.2) is 5.58 Å². The summed E-state index contributed by atoms with van der Waals surface area (Å²) in [6, 6.07) is 4.45. The van der Waals surface area contributed by atoms with Crippen LogP contribution in [0.15, 0.2) is 16.5 Å². The first-order valence-corrected chi connectivity index (χ1v) is 12.2. The molecule has 7 heteroatoms. The van der Waals surface area contributed by atoms with Crippen LogP contribution in [0.3, 0.4) is 0 Å². The summed E-state index contributed by atoms with van der Waals surface area (Å²) in [6.45, 7) is 6.55. The molecule has 1 aliphatic heterocycles. The average Bonchev–Trinajstić information content (AvgIpc) is 3.17. The largest absolute Gasteiger partial charge is 0.423 e. The third-order valence-electron chi connectivity index (χ3n) is 7.78. The maximum Gasteiger partial charge on any atom is 0.298 e. The Morgan fingerprint density at radius 1 is 1.29 bits per heavy atom. The number of hydrogen-bond acceptors (Lipinski definition) is 5. The Balaban J connectivity index is 1.40. The fourth-order valence-electron chi connectivity index (χ4n) is 5.95. The molecule has 2 aromatic rings. The monoisotopic (exact) mass is 445 g/mol. The fraction of sp³-hybridized carbons (Fsp3) is 0.667. The van der Waals surface area contributed by atoms with E-state index in [1.807, 2.05) is 0 Å². The zero-order valence-corrected chi connectivity index (χ0v) is 19.2. The van der Waals surface area contributed by atoms with E-state index < -0.39 is 0 Å². The quantitative estimate of drug-likeness (QED) is 0.713. The molecule has 3 atom stereocenters. The predicted octanol–water partition coefficient (Wildman–Crippen LogP) is 5.04. The Bertz CT molecular complexity index is 947. The number of morpholine rings is 1. The van der Waals surface area contributed by atoms with Gasteiger partial charge >= 0.3 is 0 Å². The van der Waals surface area contributed by atoms with E-state index in [-0.39, 0.29) is 18.0 Å². The van der Waals surface area contributed by atoms with Gasteiger partial charge in [0.25, 0.3) is 11.9 Å². The van der Waals surface area contributed by atoms with Crippen molar-refractivity contribution in [1.82, 2.24) is 10.3 Å². The first-order valence-electron chi connectivity index (χ1n) is 11.8. The molecule has 2 aliphatic carbocycles. The second kappa shape index (κ2) is 8.62. The minimum absolute atomic E-state index is 0.0982. The Hall–Kier alpha value is -1.79. The summed E-state index contributed by atoms with van der Waals surface area (Å²) in [4.78, 5) is 20.2. The second-order valence-electron chi connectivity index (χ2n) is 9.58. The number of carbonyl (C=O) groups excluding carboxylic acids is 1. The number of aromatic nitrogens is 1. The molecule has 1 N–H and O–H groups in total. The number of anilines is 1. The van der Waals surface area contributed by atoms with Crippen molar-refractivity contribution in [1.29, 1.82) is 0 Å². The Kier molecular flexibility index (Phi) is 5.86. The molecule has 2 unspecified atom stereocenters. The van der Waals surface area contributed by atoms with Gasteiger partial charge in [-0.3, -0.25) is 4.79 Å². The molecule has 3 fully saturated rings. The Labute approximate surface area is 188 Å². The zero-order valence-electron chi connectivity index (χ0n) is 18.4. The van der Waals surface area contributed by atoms with Crippen molar-refractivity contribution in [3.05, 3.63) is 22.7 Å². The van der Waals surface area contributed by atoms with Crippen LogP contribution in [0, 0.1) is 17.8 Å². The van der Waals surface area contributed by atoms with Crippen molar-refractivity contribution in [3.8, 4) is 0 Å². The molecule has 2 bridgehead atoms. The molecule has 1 amide bonds. The highest BCUT2D eigenvalue weighted by Gasteiger charge is 2.38. The molecule has 2 heterocycles. The lowest BCUT2D eigenvalue weighted by Crippen LogP contribution is -2.45. The number of nitrogens with zero attached hydrogens (tertiary/aromatic N) is 2. The van der Waals surface area contributed by atoms with Gasteiger partial charge in [0.2, 0.25) is 0 Å². The van der Waals surface area contributed by atoms with E-state index in [2.05, 4.69) is 24.1 Å². The molecule has 0 spiro atoms. The van der Waals surface area contributed by atoms with Crippen molar-refractivity contribution in [2.75, 3.05) is 24.7 Å². The number of rotatable bonds is 4. The van der Waals surface area contributed by atoms with Crippen molar-refractivity contribution < 1.29 is 13.9 Å². The molecule has 0 radical (unpaired) electrons. The van der Waals surface area contributed by atoms with Crippen LogP contribution in [0.2, 0.25) is 5.02 Å². The van der Waals surface area contributed by atoms with Gasteiger partial charge in [-0.1, -0.05) is 44.7 Å². The lowest BCUT2D eigenvalue weighted by molar-refractivity contribution is 0.0706. The van der Waals surface area contributed by atoms with Gasteiger partial charge in [-0.15, -0.1) is 0 Å². The molecule has 1 aromatic heterocycles. The van der Waals surface area contributed by atoms with Crippen LogP contribution >= 0.6 is 11.6 Å². The summed E-state index contributed by atoms with van der Waals surface area (Å²) >= 11 is 6.36. The second-order valence-corrected chi connectivity index (χ2v) is 10.0. The molecule has 6 nitrogen and oxygen atoms in total. The van der Waals surface area contributed by atoms with E-state index in [1.54, 1.807) is 12.1 Å². The van der Waals surface area contributed by atoms with Gasteiger partial charge in [0.05, 0.1) is 24.8 Å². The van der Waals surface area contributed by atoms with E-state index in [0.29, 0.717) is 40.9 Å². The van der Waals surface area contributed by atoms with E-state index in [1.165, 1.54) is 19.3 Å². The number of oxazole rings is 1. The molecular formula is C24H32ClN3O3. The van der Waals surface area contributed by atoms with Crippen molar-refractivity contribution in [2.45, 2.75) is 64.5 Å². The lowest BCUT2D eigenvalue weighted by atomic mass is 9.64. The summed E-state index contributed by atoms with van der Waals surface area (Å²) in [5.41, 5.74) is 1.65. The van der Waals surface area contributed by atoms with Crippen LogP contribution in [0.1, 0.15) is 62.7 Å². The first kappa shape index (κ1) is 21.1. The maximum atomic E-state index is 13.3. The standard InChI is InChI=1S/C24H32ClN3O3/c1-3-19-13-30-8-7-28(19)24-27-22-20(11-17(25)12-21(22)31-24)23(29)26-18-9-15-5-4-6-16(10-18)14(15)2/h11-12,14-16,18-19H,3-10,13H2,1-2H3,(H,26,29)/t14?,15?,16?,18?,19-/m0/s1. The van der Waals surface area contributed by atoms with Crippen LogP contribution in [0.25, 0.3) is 11.1 Å². The van der Waals surface area contributed by atoms with Gasteiger partial charge in [0.1, 0.15) is 5.52 Å². The average molecular weight is 446 g/mol. The van der Waals surface area contributed by atoms with Crippen LogP contribution in [-0.4, -0.2) is 42.7 Å². The van der Waals surface area contributed by atoms with E-state index in [4.69, 9.17) is 25.7 Å². The van der Waals surface area contributed by atoms with Crippen LogP contribution < -0.4 is 10.2 Å². The summed E-state index contributed by atoms with van der Waals surface area (Å²) in [5.74, 6) is 2.13. The summed E-state index contributed by atoms with van der Waals surface area (Å²) in [7, 11) is 0. The number of fused-ring (bicyclic) bond motifs is 3. The van der Waals surface area contributed by atoms with E-state index in [0.717, 1.165) is 43.6 Å². The molecule has 31 heavy (non-hydrogen) atoms. The van der Waals surface area contributed by atoms with Crippen LogP contribution in [-0.2, 0) is 4.74 Å². The zero-order chi connectivity index (χ0) is 21.5. The van der Waals surface area contributed by atoms with Gasteiger partial charge in [-0.2, -0.15) is 4.98 Å². The SMILES string of the molecule is CC[C@H]1COCCN1c1nc2c(C(=O)NC3CC4CCCC(C3)C4C)cc(Cl)cc2o1. The third-order valence-corrected chi connectivity index (χ3v) is 8.00. The van der Waals surface area contributed by atoms with Crippen molar-refractivity contribution >= 4 is 34.6 Å². The fourth-order valence-corrected chi connectivity index (χ4v) is 6.16. The molecule has 1 saturated heterocycles. The smallest absolute Gasteiger partial charge is 0.298 e. The number of halogens is 1. The van der Waals surface area contributed by atoms with Crippen molar-refractivity contribution in [2.24, 2.45) is 17.8 Å². The number of benzene rings is 1. The summed E-state index contributed by atoms with van der Waals surface area (Å²) < 4.78 is 11.7. The highest BCUT2D eigenvalue weighted by Crippen LogP contribution is 2.44. The van der Waals surface area contributed by atoms with Crippen LogP contribution in [0.5, 0.6) is 0 Å². The topological polar surface area (TPSA) is 67.6 Å². The summed E-state index contributed by atoms with van der Waals surface area (Å²) in [6.07, 6.45) is 6.99. The number of nitrogens with one attached hydrogen (secondary N) is 1. The van der Waals surface area contributed by atoms with Gasteiger partial charge in [-0.05, 0) is 43.1 Å². The Morgan fingerprint density at radius 3 is 2.81 bits per heavy atom. The number of carbonyl (C=O) groups is 1. The third kappa shape index (κ3) is 4.05. The molecule has 3 aliphatic rings. The minimum Gasteiger partial charge on any atom is -0.423 e. The minimum atomic E-state index is -0.0982. The van der Waals surface area contributed by atoms with Crippen molar-refractivity contribution in [3.63, 3.8) is 0 Å². The van der Waals surface area contributed by atoms with Crippen LogP contribution in [0.4, 0.5) is 6.01 Å². The first-order chi connectivity index (χ1) is 15.0. The number of hydrogen-bond donors (Lipinski definition) is 1.